The highest BCUT2D eigenvalue weighted by Crippen LogP contribution is 2.35. The van der Waals surface area contributed by atoms with Gasteiger partial charge in [-0.3, -0.25) is 4.90 Å². The molecule has 1 aliphatic carbocycles. The van der Waals surface area contributed by atoms with Gasteiger partial charge in [0, 0.05) is 12.6 Å². The minimum atomic E-state index is 0.0248. The van der Waals surface area contributed by atoms with Crippen molar-refractivity contribution in [3.05, 3.63) is 22.7 Å². The number of hydrogen-bond acceptors (Lipinski definition) is 3. The molecule has 106 valence electrons. The summed E-state index contributed by atoms with van der Waals surface area (Å²) in [6.07, 6.45) is 5.25. The van der Waals surface area contributed by atoms with Gasteiger partial charge in [-0.15, -0.1) is 0 Å². The molecule has 1 aliphatic rings. The zero-order chi connectivity index (χ0) is 13.8. The van der Waals surface area contributed by atoms with Crippen molar-refractivity contribution in [1.29, 1.82) is 0 Å². The first-order chi connectivity index (χ1) is 9.15. The topological polar surface area (TPSA) is 32.7 Å². The number of phenolic OH excluding ortho intramolecular Hbond substituents is 1. The molecular formula is C15H22ClNO2. The van der Waals surface area contributed by atoms with E-state index in [1.807, 2.05) is 12.1 Å². The van der Waals surface area contributed by atoms with Gasteiger partial charge in [0.05, 0.1) is 12.1 Å². The summed E-state index contributed by atoms with van der Waals surface area (Å²) in [6.45, 7) is 4.08. The number of halogens is 1. The molecule has 1 aromatic carbocycles. The van der Waals surface area contributed by atoms with E-state index in [0.717, 1.165) is 18.7 Å². The third-order valence-corrected chi connectivity index (χ3v) is 4.23. The molecule has 19 heavy (non-hydrogen) atoms. The first-order valence-corrected chi connectivity index (χ1v) is 7.33. The first kappa shape index (κ1) is 14.5. The highest BCUT2D eigenvalue weighted by molar-refractivity contribution is 6.32. The summed E-state index contributed by atoms with van der Waals surface area (Å²) < 4.78 is 5.15. The third kappa shape index (κ3) is 3.34. The summed E-state index contributed by atoms with van der Waals surface area (Å²) in [5.41, 5.74) is 1.09. The Morgan fingerprint density at radius 3 is 2.63 bits per heavy atom. The molecule has 4 heteroatoms. The maximum absolute atomic E-state index is 9.75. The SMILES string of the molecule is CCN(Cc1cc(Cl)c(O)c(OC)c1)C1CCCC1. The van der Waals surface area contributed by atoms with Crippen LogP contribution in [0.15, 0.2) is 12.1 Å². The van der Waals surface area contributed by atoms with Crippen molar-refractivity contribution in [2.24, 2.45) is 0 Å². The first-order valence-electron chi connectivity index (χ1n) is 6.95. The molecule has 1 fully saturated rings. The van der Waals surface area contributed by atoms with Crippen LogP contribution in [-0.2, 0) is 6.54 Å². The van der Waals surface area contributed by atoms with Gasteiger partial charge in [0.2, 0.25) is 0 Å². The van der Waals surface area contributed by atoms with Crippen molar-refractivity contribution in [3.8, 4) is 11.5 Å². The number of hydrogen-bond donors (Lipinski definition) is 1. The zero-order valence-corrected chi connectivity index (χ0v) is 12.4. The summed E-state index contributed by atoms with van der Waals surface area (Å²) in [5, 5.41) is 10.1. The Bertz CT molecular complexity index is 430. The number of nitrogens with zero attached hydrogens (tertiary/aromatic N) is 1. The second-order valence-corrected chi connectivity index (χ2v) is 5.54. The molecule has 1 aromatic rings. The fourth-order valence-electron chi connectivity index (χ4n) is 2.88. The van der Waals surface area contributed by atoms with E-state index < -0.39 is 0 Å². The van der Waals surface area contributed by atoms with Crippen LogP contribution in [0.1, 0.15) is 38.2 Å². The minimum Gasteiger partial charge on any atom is -0.503 e. The van der Waals surface area contributed by atoms with E-state index in [4.69, 9.17) is 16.3 Å². The molecule has 0 aromatic heterocycles. The Balaban J connectivity index is 2.14. The van der Waals surface area contributed by atoms with Gasteiger partial charge in [-0.1, -0.05) is 31.4 Å². The molecule has 0 bridgehead atoms. The second-order valence-electron chi connectivity index (χ2n) is 5.13. The molecular weight excluding hydrogens is 262 g/mol. The molecule has 1 saturated carbocycles. The van der Waals surface area contributed by atoms with Crippen molar-refractivity contribution in [3.63, 3.8) is 0 Å². The van der Waals surface area contributed by atoms with Crippen molar-refractivity contribution in [1.82, 2.24) is 4.90 Å². The van der Waals surface area contributed by atoms with Crippen molar-refractivity contribution < 1.29 is 9.84 Å². The summed E-state index contributed by atoms with van der Waals surface area (Å²) >= 11 is 6.04. The molecule has 0 amide bonds. The summed E-state index contributed by atoms with van der Waals surface area (Å²) in [7, 11) is 1.55. The molecule has 0 atom stereocenters. The number of methoxy groups -OCH3 is 1. The van der Waals surface area contributed by atoms with Gasteiger partial charge < -0.3 is 9.84 Å². The average Bonchev–Trinajstić information content (AvgIpc) is 2.93. The Morgan fingerprint density at radius 2 is 2.05 bits per heavy atom. The van der Waals surface area contributed by atoms with Gasteiger partial charge in [-0.25, -0.2) is 0 Å². The molecule has 1 N–H and O–H groups in total. The van der Waals surface area contributed by atoms with Crippen LogP contribution in [0.5, 0.6) is 11.5 Å². The number of phenols is 1. The Morgan fingerprint density at radius 1 is 1.37 bits per heavy atom. The van der Waals surface area contributed by atoms with Crippen molar-refractivity contribution >= 4 is 11.6 Å². The molecule has 0 heterocycles. The van der Waals surface area contributed by atoms with E-state index in [2.05, 4.69) is 11.8 Å². The van der Waals surface area contributed by atoms with Crippen LogP contribution in [-0.4, -0.2) is 29.7 Å². The van der Waals surface area contributed by atoms with E-state index >= 15 is 0 Å². The van der Waals surface area contributed by atoms with Crippen LogP contribution in [0.3, 0.4) is 0 Å². The monoisotopic (exact) mass is 283 g/mol. The van der Waals surface area contributed by atoms with E-state index in [0.29, 0.717) is 16.8 Å². The smallest absolute Gasteiger partial charge is 0.176 e. The van der Waals surface area contributed by atoms with Gasteiger partial charge in [-0.05, 0) is 37.1 Å². The van der Waals surface area contributed by atoms with Gasteiger partial charge >= 0.3 is 0 Å². The minimum absolute atomic E-state index is 0.0248. The van der Waals surface area contributed by atoms with Gasteiger partial charge in [0.15, 0.2) is 11.5 Å². The predicted octanol–water partition coefficient (Wildman–Crippen LogP) is 3.82. The maximum Gasteiger partial charge on any atom is 0.176 e. The maximum atomic E-state index is 9.75. The van der Waals surface area contributed by atoms with Crippen LogP contribution in [0, 0.1) is 0 Å². The Kier molecular flexibility index (Phi) is 4.94. The summed E-state index contributed by atoms with van der Waals surface area (Å²) in [5.74, 6) is 0.474. The predicted molar refractivity (Wildman–Crippen MR) is 78.0 cm³/mol. The highest BCUT2D eigenvalue weighted by atomic mass is 35.5. The molecule has 0 radical (unpaired) electrons. The molecule has 0 spiro atoms. The number of rotatable bonds is 5. The van der Waals surface area contributed by atoms with Crippen LogP contribution in [0.4, 0.5) is 0 Å². The molecule has 0 saturated heterocycles. The van der Waals surface area contributed by atoms with E-state index in [-0.39, 0.29) is 5.75 Å². The Labute approximate surface area is 120 Å². The third-order valence-electron chi connectivity index (χ3n) is 3.94. The average molecular weight is 284 g/mol. The van der Waals surface area contributed by atoms with Gasteiger partial charge in [0.25, 0.3) is 0 Å². The lowest BCUT2D eigenvalue weighted by atomic mass is 10.1. The summed E-state index contributed by atoms with van der Waals surface area (Å²) in [6, 6.07) is 4.39. The van der Waals surface area contributed by atoms with E-state index in [1.54, 1.807) is 7.11 Å². The van der Waals surface area contributed by atoms with Crippen molar-refractivity contribution in [2.45, 2.75) is 45.2 Å². The fourth-order valence-corrected chi connectivity index (χ4v) is 3.11. The molecule has 2 rings (SSSR count). The van der Waals surface area contributed by atoms with Crippen LogP contribution in [0.2, 0.25) is 5.02 Å². The van der Waals surface area contributed by atoms with E-state index in [9.17, 15) is 5.11 Å². The van der Waals surface area contributed by atoms with Gasteiger partial charge in [0.1, 0.15) is 0 Å². The lowest BCUT2D eigenvalue weighted by Crippen LogP contribution is -2.32. The second kappa shape index (κ2) is 6.49. The lowest BCUT2D eigenvalue weighted by Gasteiger charge is -2.27. The van der Waals surface area contributed by atoms with Crippen LogP contribution in [0.25, 0.3) is 0 Å². The normalized spacial score (nSPS) is 16.2. The zero-order valence-electron chi connectivity index (χ0n) is 11.7. The number of aromatic hydroxyl groups is 1. The highest BCUT2D eigenvalue weighted by Gasteiger charge is 2.22. The molecule has 0 aliphatic heterocycles. The Hall–Kier alpha value is -0.930. The van der Waals surface area contributed by atoms with E-state index in [1.165, 1.54) is 25.7 Å². The fraction of sp³-hybridized carbons (Fsp3) is 0.600. The van der Waals surface area contributed by atoms with Crippen LogP contribution >= 0.6 is 11.6 Å². The lowest BCUT2D eigenvalue weighted by molar-refractivity contribution is 0.200. The van der Waals surface area contributed by atoms with Crippen LogP contribution < -0.4 is 4.74 Å². The van der Waals surface area contributed by atoms with Crippen molar-refractivity contribution in [2.75, 3.05) is 13.7 Å². The quantitative estimate of drug-likeness (QED) is 0.892. The number of benzene rings is 1. The largest absolute Gasteiger partial charge is 0.503 e. The molecule has 3 nitrogen and oxygen atoms in total. The molecule has 0 unspecified atom stereocenters. The number of ether oxygens (including phenoxy) is 1. The van der Waals surface area contributed by atoms with Gasteiger partial charge in [-0.2, -0.15) is 0 Å². The summed E-state index contributed by atoms with van der Waals surface area (Å²) in [4.78, 5) is 2.48. The standard InChI is InChI=1S/C15H22ClNO2/c1-3-17(12-6-4-5-7-12)10-11-8-13(16)15(18)14(9-11)19-2/h8-9,12,18H,3-7,10H2,1-2H3.